The van der Waals surface area contributed by atoms with Crippen LogP contribution in [-0.2, 0) is 0 Å². The van der Waals surface area contributed by atoms with E-state index in [4.69, 9.17) is 0 Å². The fourth-order valence-electron chi connectivity index (χ4n) is 3.28. The van der Waals surface area contributed by atoms with Gasteiger partial charge in [-0.3, -0.25) is 4.90 Å². The van der Waals surface area contributed by atoms with Crippen molar-refractivity contribution in [3.8, 4) is 0 Å². The van der Waals surface area contributed by atoms with Gasteiger partial charge in [-0.05, 0) is 53.5 Å². The molecule has 0 bridgehead atoms. The molecule has 0 radical (unpaired) electrons. The number of hydrogen-bond acceptors (Lipinski definition) is 1. The summed E-state index contributed by atoms with van der Waals surface area (Å²) in [5.74, 6) is 0.936. The van der Waals surface area contributed by atoms with Gasteiger partial charge in [-0.25, -0.2) is 0 Å². The van der Waals surface area contributed by atoms with Gasteiger partial charge < -0.3 is 0 Å². The minimum Gasteiger partial charge on any atom is -0.296 e. The molecule has 0 saturated carbocycles. The topological polar surface area (TPSA) is 3.24 Å². The molecule has 0 aromatic rings. The molecule has 15 heavy (non-hydrogen) atoms. The van der Waals surface area contributed by atoms with E-state index in [0.717, 1.165) is 5.92 Å². The van der Waals surface area contributed by atoms with E-state index in [9.17, 15) is 0 Å². The molecule has 0 aromatic carbocycles. The first-order chi connectivity index (χ1) is 6.79. The van der Waals surface area contributed by atoms with E-state index in [0.29, 0.717) is 11.1 Å². The third kappa shape index (κ3) is 2.96. The molecule has 1 heterocycles. The molecular formula is C14H29N. The molecule has 0 unspecified atom stereocenters. The summed E-state index contributed by atoms with van der Waals surface area (Å²) in [5.41, 5.74) is 0.750. The summed E-state index contributed by atoms with van der Waals surface area (Å²) >= 11 is 0. The number of hydrogen-bond donors (Lipinski definition) is 0. The molecule has 1 aliphatic heterocycles. The van der Waals surface area contributed by atoms with Gasteiger partial charge in [-0.1, -0.05) is 26.2 Å². The summed E-state index contributed by atoms with van der Waals surface area (Å²) in [4.78, 5) is 2.57. The van der Waals surface area contributed by atoms with Gasteiger partial charge in [0, 0.05) is 11.1 Å². The summed E-state index contributed by atoms with van der Waals surface area (Å²) in [6.07, 6.45) is 6.91. The Morgan fingerprint density at radius 2 is 1.53 bits per heavy atom. The Balaban J connectivity index is 2.66. The van der Waals surface area contributed by atoms with Crippen molar-refractivity contribution in [1.29, 1.82) is 0 Å². The van der Waals surface area contributed by atoms with Crippen LogP contribution in [0, 0.1) is 5.92 Å². The van der Waals surface area contributed by atoms with Crippen LogP contribution in [-0.4, -0.2) is 23.0 Å². The van der Waals surface area contributed by atoms with Gasteiger partial charge in [0.1, 0.15) is 0 Å². The lowest BCUT2D eigenvalue weighted by molar-refractivity contribution is -0.0320. The third-order valence-electron chi connectivity index (χ3n) is 4.36. The minimum absolute atomic E-state index is 0.375. The van der Waals surface area contributed by atoms with Gasteiger partial charge in [-0.15, -0.1) is 0 Å². The fourth-order valence-corrected chi connectivity index (χ4v) is 3.28. The van der Waals surface area contributed by atoms with E-state index in [2.05, 4.69) is 46.6 Å². The summed E-state index contributed by atoms with van der Waals surface area (Å²) in [6, 6.07) is 0. The zero-order chi connectivity index (χ0) is 11.7. The van der Waals surface area contributed by atoms with Crippen LogP contribution >= 0.6 is 0 Å². The van der Waals surface area contributed by atoms with Crippen molar-refractivity contribution in [2.75, 3.05) is 7.05 Å². The van der Waals surface area contributed by atoms with Crippen molar-refractivity contribution in [3.63, 3.8) is 0 Å². The number of piperidine rings is 1. The fraction of sp³-hybridized carbons (Fsp3) is 1.00. The van der Waals surface area contributed by atoms with Gasteiger partial charge in [0.05, 0.1) is 0 Å². The summed E-state index contributed by atoms with van der Waals surface area (Å²) in [6.45, 7) is 11.9. The summed E-state index contributed by atoms with van der Waals surface area (Å²) in [7, 11) is 2.29. The number of likely N-dealkylation sites (tertiary alicyclic amines) is 1. The number of nitrogens with zero attached hydrogens (tertiary/aromatic N) is 1. The normalized spacial score (nSPS) is 26.8. The second kappa shape index (κ2) is 4.45. The Bertz CT molecular complexity index is 187. The van der Waals surface area contributed by atoms with E-state index in [1.807, 2.05) is 0 Å². The van der Waals surface area contributed by atoms with Crippen molar-refractivity contribution in [3.05, 3.63) is 0 Å². The Morgan fingerprint density at radius 1 is 1.07 bits per heavy atom. The smallest absolute Gasteiger partial charge is 0.0158 e. The van der Waals surface area contributed by atoms with Crippen LogP contribution in [0.25, 0.3) is 0 Å². The predicted molar refractivity (Wildman–Crippen MR) is 68.2 cm³/mol. The summed E-state index contributed by atoms with van der Waals surface area (Å²) < 4.78 is 0. The molecule has 1 fully saturated rings. The van der Waals surface area contributed by atoms with Crippen LogP contribution in [0.5, 0.6) is 0 Å². The molecule has 0 aromatic heterocycles. The van der Waals surface area contributed by atoms with Gasteiger partial charge in [0.25, 0.3) is 0 Å². The van der Waals surface area contributed by atoms with Gasteiger partial charge in [0.2, 0.25) is 0 Å². The molecule has 0 amide bonds. The SMILES string of the molecule is CCCCC1CC(C)(C)N(C)C(C)(C)C1. The largest absolute Gasteiger partial charge is 0.296 e. The van der Waals surface area contributed by atoms with Crippen molar-refractivity contribution in [1.82, 2.24) is 4.90 Å². The quantitative estimate of drug-likeness (QED) is 0.680. The molecule has 1 heteroatoms. The number of rotatable bonds is 3. The van der Waals surface area contributed by atoms with E-state index < -0.39 is 0 Å². The Labute approximate surface area is 96.2 Å². The highest BCUT2D eigenvalue weighted by Gasteiger charge is 2.42. The standard InChI is InChI=1S/C14H29N/c1-7-8-9-12-10-13(2,3)15(6)14(4,5)11-12/h12H,7-11H2,1-6H3. The Kier molecular flexibility index (Phi) is 3.86. The van der Waals surface area contributed by atoms with Crippen LogP contribution in [0.3, 0.4) is 0 Å². The molecule has 1 nitrogen and oxygen atoms in total. The third-order valence-corrected chi connectivity index (χ3v) is 4.36. The molecule has 90 valence electrons. The molecule has 0 aliphatic carbocycles. The Morgan fingerprint density at radius 3 is 1.93 bits per heavy atom. The van der Waals surface area contributed by atoms with E-state index in [-0.39, 0.29) is 0 Å². The van der Waals surface area contributed by atoms with Gasteiger partial charge >= 0.3 is 0 Å². The van der Waals surface area contributed by atoms with Crippen LogP contribution in [0.15, 0.2) is 0 Å². The first-order valence-electron chi connectivity index (χ1n) is 6.53. The molecule has 0 atom stereocenters. The molecule has 0 N–H and O–H groups in total. The van der Waals surface area contributed by atoms with Gasteiger partial charge in [-0.2, -0.15) is 0 Å². The van der Waals surface area contributed by atoms with Crippen molar-refractivity contribution in [2.24, 2.45) is 5.92 Å². The zero-order valence-electron chi connectivity index (χ0n) is 11.6. The van der Waals surface area contributed by atoms with E-state index in [1.54, 1.807) is 0 Å². The highest BCUT2D eigenvalue weighted by atomic mass is 15.2. The maximum absolute atomic E-state index is 2.57. The van der Waals surface area contributed by atoms with Crippen LogP contribution in [0.1, 0.15) is 66.7 Å². The molecular weight excluding hydrogens is 182 g/mol. The minimum atomic E-state index is 0.375. The molecule has 1 saturated heterocycles. The van der Waals surface area contributed by atoms with E-state index >= 15 is 0 Å². The van der Waals surface area contributed by atoms with Gasteiger partial charge in [0.15, 0.2) is 0 Å². The van der Waals surface area contributed by atoms with Crippen LogP contribution in [0.2, 0.25) is 0 Å². The highest BCUT2D eigenvalue weighted by molar-refractivity contribution is 4.98. The van der Waals surface area contributed by atoms with E-state index in [1.165, 1.54) is 32.1 Å². The second-order valence-electron chi connectivity index (χ2n) is 6.60. The first kappa shape index (κ1) is 13.0. The zero-order valence-corrected chi connectivity index (χ0v) is 11.6. The first-order valence-corrected chi connectivity index (χ1v) is 6.53. The lowest BCUT2D eigenvalue weighted by atomic mass is 9.72. The predicted octanol–water partition coefficient (Wildman–Crippen LogP) is 4.08. The Hall–Kier alpha value is -0.0400. The lowest BCUT2D eigenvalue weighted by Gasteiger charge is -2.54. The lowest BCUT2D eigenvalue weighted by Crippen LogP contribution is -2.58. The maximum Gasteiger partial charge on any atom is 0.0158 e. The molecule has 0 spiro atoms. The highest BCUT2D eigenvalue weighted by Crippen LogP contribution is 2.41. The van der Waals surface area contributed by atoms with Crippen molar-refractivity contribution >= 4 is 0 Å². The van der Waals surface area contributed by atoms with Crippen molar-refractivity contribution in [2.45, 2.75) is 77.8 Å². The van der Waals surface area contributed by atoms with Crippen LogP contribution in [0.4, 0.5) is 0 Å². The molecule has 1 aliphatic rings. The number of unbranched alkanes of at least 4 members (excludes halogenated alkanes) is 1. The molecule has 1 rings (SSSR count). The average Bonchev–Trinajstić information content (AvgIpc) is 2.10. The second-order valence-corrected chi connectivity index (χ2v) is 6.60. The summed E-state index contributed by atoms with van der Waals surface area (Å²) in [5, 5.41) is 0. The monoisotopic (exact) mass is 211 g/mol. The van der Waals surface area contributed by atoms with Crippen LogP contribution < -0.4 is 0 Å². The maximum atomic E-state index is 2.57. The average molecular weight is 211 g/mol. The van der Waals surface area contributed by atoms with Crippen molar-refractivity contribution < 1.29 is 0 Å².